The lowest BCUT2D eigenvalue weighted by Crippen LogP contribution is -2.41. The number of hydrogen-bond acceptors (Lipinski definition) is 3. The maximum absolute atomic E-state index is 11.8. The molecule has 0 heterocycles. The summed E-state index contributed by atoms with van der Waals surface area (Å²) in [5, 5.41) is 19.9. The van der Waals surface area contributed by atoms with Gasteiger partial charge in [0, 0.05) is 6.42 Å². The normalized spacial score (nSPS) is 11.6. The van der Waals surface area contributed by atoms with E-state index in [1.54, 1.807) is 12.1 Å². The molecule has 3 N–H and O–H groups in total. The van der Waals surface area contributed by atoms with E-state index in [1.807, 2.05) is 0 Å². The summed E-state index contributed by atoms with van der Waals surface area (Å²) in [7, 11) is 0. The van der Waals surface area contributed by atoms with Gasteiger partial charge in [-0.3, -0.25) is 9.59 Å². The Bertz CT molecular complexity index is 503. The molecule has 0 bridgehead atoms. The van der Waals surface area contributed by atoms with Crippen molar-refractivity contribution >= 4 is 29.4 Å². The molecule has 0 radical (unpaired) electrons. The van der Waals surface area contributed by atoms with E-state index in [2.05, 4.69) is 5.32 Å². The quantitative estimate of drug-likeness (QED) is 0.733. The fourth-order valence-corrected chi connectivity index (χ4v) is 1.63. The zero-order valence-corrected chi connectivity index (χ0v) is 10.6. The van der Waals surface area contributed by atoms with Crippen molar-refractivity contribution in [2.45, 2.75) is 18.9 Å². The Hall–Kier alpha value is -2.08. The molecular weight excluding hydrogens is 274 g/mol. The number of carboxylic acid groups (broad SMARTS) is 2. The first-order chi connectivity index (χ1) is 8.91. The smallest absolute Gasteiger partial charge is 0.326 e. The van der Waals surface area contributed by atoms with Gasteiger partial charge in [-0.1, -0.05) is 23.7 Å². The van der Waals surface area contributed by atoms with E-state index in [9.17, 15) is 14.4 Å². The van der Waals surface area contributed by atoms with Crippen LogP contribution in [0.1, 0.15) is 23.2 Å². The highest BCUT2D eigenvalue weighted by atomic mass is 35.5. The molecule has 1 atom stereocenters. The predicted octanol–water partition coefficient (Wildman–Crippen LogP) is 1.39. The van der Waals surface area contributed by atoms with Gasteiger partial charge in [0.1, 0.15) is 6.04 Å². The summed E-state index contributed by atoms with van der Waals surface area (Å²) >= 11 is 5.81. The van der Waals surface area contributed by atoms with Crippen LogP contribution in [0.5, 0.6) is 0 Å². The summed E-state index contributed by atoms with van der Waals surface area (Å²) in [6.07, 6.45) is -0.541. The number of carbonyl (C=O) groups excluding carboxylic acids is 1. The molecule has 102 valence electrons. The first-order valence-electron chi connectivity index (χ1n) is 5.42. The number of amides is 1. The monoisotopic (exact) mass is 285 g/mol. The minimum Gasteiger partial charge on any atom is -0.481 e. The van der Waals surface area contributed by atoms with Crippen molar-refractivity contribution in [3.05, 3.63) is 34.9 Å². The lowest BCUT2D eigenvalue weighted by molar-refractivity contribution is -0.140. The van der Waals surface area contributed by atoms with Crippen LogP contribution in [0.2, 0.25) is 5.02 Å². The predicted molar refractivity (Wildman–Crippen MR) is 67.2 cm³/mol. The van der Waals surface area contributed by atoms with Crippen LogP contribution < -0.4 is 5.32 Å². The number of rotatable bonds is 6. The van der Waals surface area contributed by atoms with Gasteiger partial charge in [-0.25, -0.2) is 4.79 Å². The summed E-state index contributed by atoms with van der Waals surface area (Å²) in [4.78, 5) is 33.2. The van der Waals surface area contributed by atoms with Crippen LogP contribution in [0.25, 0.3) is 0 Å². The standard InChI is InChI=1S/C12H12ClNO5/c13-8-4-2-1-3-7(8)11(17)14-9(12(18)19)5-6-10(15)16/h1-4,9H,5-6H2,(H,14,17)(H,15,16)(H,18,19)/t9-/m0/s1. The lowest BCUT2D eigenvalue weighted by Gasteiger charge is -2.14. The van der Waals surface area contributed by atoms with Crippen molar-refractivity contribution in [1.82, 2.24) is 5.32 Å². The van der Waals surface area contributed by atoms with E-state index in [4.69, 9.17) is 21.8 Å². The highest BCUT2D eigenvalue weighted by molar-refractivity contribution is 6.33. The topological polar surface area (TPSA) is 104 Å². The summed E-state index contributed by atoms with van der Waals surface area (Å²) in [5.41, 5.74) is 0.144. The molecular formula is C12H12ClNO5. The zero-order chi connectivity index (χ0) is 14.4. The maximum atomic E-state index is 11.8. The second kappa shape index (κ2) is 6.75. The molecule has 1 amide bonds. The van der Waals surface area contributed by atoms with Crippen molar-refractivity contribution in [3.8, 4) is 0 Å². The molecule has 0 saturated heterocycles. The van der Waals surface area contributed by atoms with Crippen molar-refractivity contribution in [1.29, 1.82) is 0 Å². The van der Waals surface area contributed by atoms with Gasteiger partial charge in [0.05, 0.1) is 10.6 Å². The number of carbonyl (C=O) groups is 3. The Balaban J connectivity index is 2.74. The lowest BCUT2D eigenvalue weighted by atomic mass is 10.1. The third kappa shape index (κ3) is 4.59. The van der Waals surface area contributed by atoms with E-state index < -0.39 is 23.9 Å². The van der Waals surface area contributed by atoms with E-state index in [1.165, 1.54) is 12.1 Å². The first kappa shape index (κ1) is 15.0. The van der Waals surface area contributed by atoms with Crippen LogP contribution in [-0.2, 0) is 9.59 Å². The minimum atomic E-state index is -1.29. The van der Waals surface area contributed by atoms with Gasteiger partial charge >= 0.3 is 11.9 Å². The molecule has 0 aliphatic carbocycles. The van der Waals surface area contributed by atoms with E-state index in [0.717, 1.165) is 0 Å². The zero-order valence-electron chi connectivity index (χ0n) is 9.80. The van der Waals surface area contributed by atoms with Crippen LogP contribution in [0.15, 0.2) is 24.3 Å². The van der Waals surface area contributed by atoms with Crippen LogP contribution in [0.4, 0.5) is 0 Å². The van der Waals surface area contributed by atoms with Gasteiger partial charge in [0.25, 0.3) is 5.91 Å². The van der Waals surface area contributed by atoms with Gasteiger partial charge in [-0.2, -0.15) is 0 Å². The molecule has 0 aliphatic heterocycles. The summed E-state index contributed by atoms with van der Waals surface area (Å²) in [6.45, 7) is 0. The average Bonchev–Trinajstić information content (AvgIpc) is 2.34. The average molecular weight is 286 g/mol. The Morgan fingerprint density at radius 2 is 1.84 bits per heavy atom. The molecule has 1 aromatic carbocycles. The molecule has 0 aromatic heterocycles. The molecule has 0 saturated carbocycles. The maximum Gasteiger partial charge on any atom is 0.326 e. The number of aliphatic carboxylic acids is 2. The molecule has 1 aromatic rings. The number of halogens is 1. The molecule has 1 rings (SSSR count). The van der Waals surface area contributed by atoms with E-state index in [0.29, 0.717) is 0 Å². The van der Waals surface area contributed by atoms with Crippen molar-refractivity contribution in [2.75, 3.05) is 0 Å². The van der Waals surface area contributed by atoms with Crippen LogP contribution >= 0.6 is 11.6 Å². The first-order valence-corrected chi connectivity index (χ1v) is 5.79. The summed E-state index contributed by atoms with van der Waals surface area (Å²) in [6, 6.07) is 4.92. The molecule has 0 aliphatic rings. The summed E-state index contributed by atoms with van der Waals surface area (Å²) in [5.74, 6) is -3.07. The van der Waals surface area contributed by atoms with Crippen LogP contribution in [0, 0.1) is 0 Å². The van der Waals surface area contributed by atoms with E-state index >= 15 is 0 Å². The van der Waals surface area contributed by atoms with Crippen molar-refractivity contribution in [2.24, 2.45) is 0 Å². The Morgan fingerprint density at radius 1 is 1.21 bits per heavy atom. The SMILES string of the molecule is O=C(O)CC[C@H](NC(=O)c1ccccc1Cl)C(=O)O. The third-order valence-electron chi connectivity index (χ3n) is 2.37. The van der Waals surface area contributed by atoms with E-state index in [-0.39, 0.29) is 23.4 Å². The summed E-state index contributed by atoms with van der Waals surface area (Å²) < 4.78 is 0. The highest BCUT2D eigenvalue weighted by Gasteiger charge is 2.22. The molecule has 0 unspecified atom stereocenters. The van der Waals surface area contributed by atoms with Gasteiger partial charge in [0.15, 0.2) is 0 Å². The number of nitrogens with one attached hydrogen (secondary N) is 1. The van der Waals surface area contributed by atoms with Gasteiger partial charge in [-0.15, -0.1) is 0 Å². The molecule has 6 nitrogen and oxygen atoms in total. The number of hydrogen-bond donors (Lipinski definition) is 3. The van der Waals surface area contributed by atoms with Crippen molar-refractivity contribution < 1.29 is 24.6 Å². The number of benzene rings is 1. The third-order valence-corrected chi connectivity index (χ3v) is 2.70. The van der Waals surface area contributed by atoms with Crippen LogP contribution in [-0.4, -0.2) is 34.1 Å². The Morgan fingerprint density at radius 3 is 2.37 bits per heavy atom. The van der Waals surface area contributed by atoms with Crippen LogP contribution in [0.3, 0.4) is 0 Å². The minimum absolute atomic E-state index is 0.144. The fraction of sp³-hybridized carbons (Fsp3) is 0.250. The molecule has 0 spiro atoms. The van der Waals surface area contributed by atoms with Gasteiger partial charge in [-0.05, 0) is 18.6 Å². The van der Waals surface area contributed by atoms with Gasteiger partial charge in [0.2, 0.25) is 0 Å². The van der Waals surface area contributed by atoms with Gasteiger partial charge < -0.3 is 15.5 Å². The Kier molecular flexibility index (Phi) is 5.32. The molecule has 7 heteroatoms. The fourth-order valence-electron chi connectivity index (χ4n) is 1.41. The Labute approximate surface area is 114 Å². The second-order valence-electron chi connectivity index (χ2n) is 3.78. The number of carboxylic acids is 2. The molecule has 0 fully saturated rings. The highest BCUT2D eigenvalue weighted by Crippen LogP contribution is 2.15. The molecule has 19 heavy (non-hydrogen) atoms. The second-order valence-corrected chi connectivity index (χ2v) is 4.18. The largest absolute Gasteiger partial charge is 0.481 e. The van der Waals surface area contributed by atoms with Crippen molar-refractivity contribution in [3.63, 3.8) is 0 Å².